The summed E-state index contributed by atoms with van der Waals surface area (Å²) in [5, 5.41) is 20.8. The molecule has 1 aromatic rings. The lowest BCUT2D eigenvalue weighted by atomic mass is 9.97. The van der Waals surface area contributed by atoms with Crippen LogP contribution >= 0.6 is 0 Å². The van der Waals surface area contributed by atoms with Crippen LogP contribution in [-0.2, 0) is 23.9 Å². The van der Waals surface area contributed by atoms with Crippen LogP contribution in [-0.4, -0.2) is 64.5 Å². The molecule has 4 amide bonds. The van der Waals surface area contributed by atoms with Crippen molar-refractivity contribution in [3.8, 4) is 5.75 Å². The molecule has 0 bridgehead atoms. The SMILES string of the molecule is CC(C)(C)OC(=O)NC1CCC(C(=O)NC2CCC(C(=O)Oc3ccc([N+](=O)[O-])cc3)NC2=O)NC1=O. The van der Waals surface area contributed by atoms with E-state index in [9.17, 15) is 34.1 Å². The van der Waals surface area contributed by atoms with Gasteiger partial charge >= 0.3 is 12.1 Å². The van der Waals surface area contributed by atoms with Crippen LogP contribution in [0.1, 0.15) is 46.5 Å². The number of hydrogen-bond donors (Lipinski definition) is 4. The lowest BCUT2D eigenvalue weighted by Gasteiger charge is -2.32. The summed E-state index contributed by atoms with van der Waals surface area (Å²) in [5.41, 5.74) is -0.882. The first-order valence-corrected chi connectivity index (χ1v) is 11.7. The topological polar surface area (TPSA) is 195 Å². The number of rotatable bonds is 6. The second kappa shape index (κ2) is 11.2. The van der Waals surface area contributed by atoms with Gasteiger partial charge in [0, 0.05) is 12.1 Å². The van der Waals surface area contributed by atoms with Crippen molar-refractivity contribution in [2.24, 2.45) is 0 Å². The fraction of sp³-hybridized carbons (Fsp3) is 0.522. The van der Waals surface area contributed by atoms with Crippen LogP contribution in [0.15, 0.2) is 24.3 Å². The average molecular weight is 520 g/mol. The predicted molar refractivity (Wildman–Crippen MR) is 126 cm³/mol. The fourth-order valence-electron chi connectivity index (χ4n) is 3.81. The zero-order chi connectivity index (χ0) is 27.3. The standard InChI is InChI=1S/C23H29N5O9/c1-23(2,3)37-22(33)27-16-9-8-14(25-20(16)31)18(29)24-15-10-11-17(26-19(15)30)21(32)36-13-6-4-12(5-7-13)28(34)35/h4-7,14-17H,8-11H2,1-3H3,(H,24,29)(H,25,31)(H,26,30)(H,27,33). The molecule has 2 fully saturated rings. The van der Waals surface area contributed by atoms with Crippen LogP contribution < -0.4 is 26.0 Å². The van der Waals surface area contributed by atoms with Gasteiger partial charge in [-0.2, -0.15) is 0 Å². The molecular formula is C23H29N5O9. The molecule has 2 aliphatic heterocycles. The number of esters is 1. The zero-order valence-electron chi connectivity index (χ0n) is 20.6. The number of nitrogens with zero attached hydrogens (tertiary/aromatic N) is 1. The summed E-state index contributed by atoms with van der Waals surface area (Å²) in [6.45, 7) is 5.08. The molecule has 0 spiro atoms. The van der Waals surface area contributed by atoms with E-state index < -0.39 is 64.5 Å². The van der Waals surface area contributed by atoms with Gasteiger partial charge in [-0.15, -0.1) is 0 Å². The number of benzene rings is 1. The molecule has 2 aliphatic rings. The van der Waals surface area contributed by atoms with Gasteiger partial charge in [-0.1, -0.05) is 0 Å². The first-order valence-electron chi connectivity index (χ1n) is 11.7. The Morgan fingerprint density at radius 2 is 1.46 bits per heavy atom. The van der Waals surface area contributed by atoms with E-state index in [4.69, 9.17) is 9.47 Å². The van der Waals surface area contributed by atoms with Crippen LogP contribution in [0.3, 0.4) is 0 Å². The van der Waals surface area contributed by atoms with Gasteiger partial charge in [0.1, 0.15) is 35.5 Å². The van der Waals surface area contributed by atoms with Gasteiger partial charge in [-0.3, -0.25) is 24.5 Å². The lowest BCUT2D eigenvalue weighted by molar-refractivity contribution is -0.384. The van der Waals surface area contributed by atoms with Gasteiger partial charge in [0.15, 0.2) is 0 Å². The molecule has 0 saturated carbocycles. The van der Waals surface area contributed by atoms with E-state index in [1.165, 1.54) is 24.3 Å². The van der Waals surface area contributed by atoms with E-state index in [1.807, 2.05) is 0 Å². The van der Waals surface area contributed by atoms with E-state index >= 15 is 0 Å². The number of alkyl carbamates (subject to hydrolysis) is 1. The molecular weight excluding hydrogens is 490 g/mol. The monoisotopic (exact) mass is 519 g/mol. The number of hydrogen-bond acceptors (Lipinski definition) is 9. The number of non-ortho nitro benzene ring substituents is 1. The largest absolute Gasteiger partial charge is 0.444 e. The molecule has 1 aromatic carbocycles. The van der Waals surface area contributed by atoms with Crippen molar-refractivity contribution in [1.82, 2.24) is 21.3 Å². The van der Waals surface area contributed by atoms with Crippen molar-refractivity contribution in [2.45, 2.75) is 76.2 Å². The Hall–Kier alpha value is -4.23. The quantitative estimate of drug-likeness (QED) is 0.178. The molecule has 0 aromatic heterocycles. The number of carbonyl (C=O) groups excluding carboxylic acids is 5. The molecule has 200 valence electrons. The molecule has 4 unspecified atom stereocenters. The third kappa shape index (κ3) is 7.62. The Labute approximate surface area is 212 Å². The summed E-state index contributed by atoms with van der Waals surface area (Å²) in [7, 11) is 0. The van der Waals surface area contributed by atoms with Crippen LogP contribution in [0, 0.1) is 10.1 Å². The van der Waals surface area contributed by atoms with Gasteiger partial charge in [0.2, 0.25) is 17.7 Å². The minimum Gasteiger partial charge on any atom is -0.444 e. The van der Waals surface area contributed by atoms with Gasteiger partial charge in [0.25, 0.3) is 5.69 Å². The second-order valence-electron chi connectivity index (χ2n) is 9.71. The maximum absolute atomic E-state index is 12.6. The molecule has 4 atom stereocenters. The summed E-state index contributed by atoms with van der Waals surface area (Å²) >= 11 is 0. The highest BCUT2D eigenvalue weighted by Gasteiger charge is 2.37. The minimum atomic E-state index is -0.954. The normalized spacial score (nSPS) is 23.6. The predicted octanol–water partition coefficient (Wildman–Crippen LogP) is 0.436. The van der Waals surface area contributed by atoms with Crippen molar-refractivity contribution in [3.63, 3.8) is 0 Å². The van der Waals surface area contributed by atoms with Gasteiger partial charge in [-0.05, 0) is 58.6 Å². The third-order valence-electron chi connectivity index (χ3n) is 5.63. The Morgan fingerprint density at radius 3 is 2.00 bits per heavy atom. The molecule has 0 radical (unpaired) electrons. The highest BCUT2D eigenvalue weighted by atomic mass is 16.6. The Kier molecular flexibility index (Phi) is 8.30. The molecule has 0 aliphatic carbocycles. The van der Waals surface area contributed by atoms with E-state index in [1.54, 1.807) is 20.8 Å². The first-order chi connectivity index (χ1) is 17.3. The highest BCUT2D eigenvalue weighted by molar-refractivity contribution is 5.96. The average Bonchev–Trinajstić information content (AvgIpc) is 2.80. The van der Waals surface area contributed by atoms with Gasteiger partial charge in [0.05, 0.1) is 4.92 Å². The Balaban J connectivity index is 1.45. The molecule has 4 N–H and O–H groups in total. The van der Waals surface area contributed by atoms with Crippen molar-refractivity contribution in [1.29, 1.82) is 0 Å². The van der Waals surface area contributed by atoms with E-state index in [0.29, 0.717) is 0 Å². The number of nitrogens with one attached hydrogen (secondary N) is 4. The zero-order valence-corrected chi connectivity index (χ0v) is 20.6. The highest BCUT2D eigenvalue weighted by Crippen LogP contribution is 2.19. The molecule has 2 heterocycles. The number of carbonyl (C=O) groups is 5. The molecule has 3 rings (SSSR count). The summed E-state index contributed by atoms with van der Waals surface area (Å²) in [4.78, 5) is 71.9. The van der Waals surface area contributed by atoms with Gasteiger partial charge in [-0.25, -0.2) is 9.59 Å². The van der Waals surface area contributed by atoms with E-state index in [0.717, 1.165) is 0 Å². The van der Waals surface area contributed by atoms with Gasteiger partial charge < -0.3 is 30.7 Å². The van der Waals surface area contributed by atoms with Crippen LogP contribution in [0.2, 0.25) is 0 Å². The van der Waals surface area contributed by atoms with Crippen molar-refractivity contribution < 1.29 is 38.4 Å². The molecule has 14 nitrogen and oxygen atoms in total. The minimum absolute atomic E-state index is 0.0905. The Bertz CT molecular complexity index is 1080. The number of piperidine rings is 2. The van der Waals surface area contributed by atoms with Crippen molar-refractivity contribution in [3.05, 3.63) is 34.4 Å². The molecule has 14 heteroatoms. The lowest BCUT2D eigenvalue weighted by Crippen LogP contribution is -2.62. The molecule has 37 heavy (non-hydrogen) atoms. The van der Waals surface area contributed by atoms with Crippen LogP contribution in [0.4, 0.5) is 10.5 Å². The Morgan fingerprint density at radius 1 is 0.919 bits per heavy atom. The fourth-order valence-corrected chi connectivity index (χ4v) is 3.81. The summed E-state index contributed by atoms with van der Waals surface area (Å²) in [6.07, 6.45) is 0.0337. The summed E-state index contributed by atoms with van der Waals surface area (Å²) < 4.78 is 10.3. The smallest absolute Gasteiger partial charge is 0.408 e. The number of ether oxygens (including phenoxy) is 2. The first kappa shape index (κ1) is 27.4. The second-order valence-corrected chi connectivity index (χ2v) is 9.71. The molecule has 2 saturated heterocycles. The van der Waals surface area contributed by atoms with Crippen molar-refractivity contribution >= 4 is 35.5 Å². The third-order valence-corrected chi connectivity index (χ3v) is 5.63. The van der Waals surface area contributed by atoms with E-state index in [2.05, 4.69) is 21.3 Å². The maximum Gasteiger partial charge on any atom is 0.408 e. The number of nitro groups is 1. The summed E-state index contributed by atoms with van der Waals surface area (Å²) in [5.74, 6) is -2.34. The summed E-state index contributed by atoms with van der Waals surface area (Å²) in [6, 6.07) is 1.32. The van der Waals surface area contributed by atoms with Crippen molar-refractivity contribution in [2.75, 3.05) is 0 Å². The maximum atomic E-state index is 12.6. The van der Waals surface area contributed by atoms with Crippen LogP contribution in [0.25, 0.3) is 0 Å². The van der Waals surface area contributed by atoms with Crippen LogP contribution in [0.5, 0.6) is 5.75 Å². The number of amides is 4. The van der Waals surface area contributed by atoms with E-state index in [-0.39, 0.29) is 37.1 Å². The number of nitro benzene ring substituents is 1.